The van der Waals surface area contributed by atoms with Gasteiger partial charge in [-0.1, -0.05) is 129 Å². The summed E-state index contributed by atoms with van der Waals surface area (Å²) in [6.07, 6.45) is 0. The maximum Gasteiger partial charge on any atom is 0.0471 e. The molecule has 0 saturated carbocycles. The fourth-order valence-corrected chi connectivity index (χ4v) is 6.83. The molecule has 0 aromatic heterocycles. The van der Waals surface area contributed by atoms with Crippen LogP contribution in [0.1, 0.15) is 25.0 Å². The maximum atomic E-state index is 2.43. The van der Waals surface area contributed by atoms with Gasteiger partial charge in [0, 0.05) is 22.5 Å². The fraction of sp³-hybridized carbons (Fsp3) is 0.0732. The Morgan fingerprint density at radius 2 is 0.881 bits per heavy atom. The summed E-state index contributed by atoms with van der Waals surface area (Å²) in [6, 6.07) is 55.3. The summed E-state index contributed by atoms with van der Waals surface area (Å²) in [5.41, 5.74) is 11.1. The summed E-state index contributed by atoms with van der Waals surface area (Å²) >= 11 is 0. The lowest BCUT2D eigenvalue weighted by Gasteiger charge is -2.29. The molecular formula is C41H31N. The zero-order valence-electron chi connectivity index (χ0n) is 23.9. The largest absolute Gasteiger partial charge is 0.310 e. The highest BCUT2D eigenvalue weighted by Crippen LogP contribution is 2.51. The van der Waals surface area contributed by atoms with Crippen LogP contribution in [0.2, 0.25) is 0 Å². The first-order valence-electron chi connectivity index (χ1n) is 14.7. The van der Waals surface area contributed by atoms with Crippen molar-refractivity contribution in [3.05, 3.63) is 163 Å². The summed E-state index contributed by atoms with van der Waals surface area (Å²) in [5.74, 6) is 0. The van der Waals surface area contributed by atoms with Crippen LogP contribution in [-0.4, -0.2) is 0 Å². The molecule has 1 nitrogen and oxygen atoms in total. The van der Waals surface area contributed by atoms with E-state index in [0.29, 0.717) is 0 Å². The number of hydrogen-bond donors (Lipinski definition) is 0. The van der Waals surface area contributed by atoms with E-state index in [-0.39, 0.29) is 5.41 Å². The smallest absolute Gasteiger partial charge is 0.0471 e. The molecule has 0 heterocycles. The van der Waals surface area contributed by atoms with Crippen molar-refractivity contribution in [1.82, 2.24) is 0 Å². The molecule has 200 valence electrons. The van der Waals surface area contributed by atoms with Gasteiger partial charge < -0.3 is 4.90 Å². The highest BCUT2D eigenvalue weighted by molar-refractivity contribution is 6.15. The van der Waals surface area contributed by atoms with Gasteiger partial charge in [-0.15, -0.1) is 0 Å². The van der Waals surface area contributed by atoms with E-state index in [9.17, 15) is 0 Å². The van der Waals surface area contributed by atoms with E-state index in [2.05, 4.69) is 170 Å². The van der Waals surface area contributed by atoms with Crippen LogP contribution >= 0.6 is 0 Å². The van der Waals surface area contributed by atoms with Crippen LogP contribution in [0, 0.1) is 0 Å². The van der Waals surface area contributed by atoms with Crippen LogP contribution in [0.4, 0.5) is 17.1 Å². The Hall–Kier alpha value is -5.14. The van der Waals surface area contributed by atoms with E-state index in [0.717, 1.165) is 11.4 Å². The quantitative estimate of drug-likeness (QED) is 0.197. The second kappa shape index (κ2) is 9.46. The number of anilines is 3. The van der Waals surface area contributed by atoms with E-state index < -0.39 is 0 Å². The first-order valence-corrected chi connectivity index (χ1v) is 14.7. The molecule has 7 aromatic rings. The average molecular weight is 538 g/mol. The molecule has 0 bridgehead atoms. The van der Waals surface area contributed by atoms with Gasteiger partial charge in [0.25, 0.3) is 0 Å². The van der Waals surface area contributed by atoms with Gasteiger partial charge in [-0.3, -0.25) is 0 Å². The molecular weight excluding hydrogens is 506 g/mol. The van der Waals surface area contributed by atoms with Crippen molar-refractivity contribution in [3.8, 4) is 22.3 Å². The maximum absolute atomic E-state index is 2.43. The van der Waals surface area contributed by atoms with Crippen molar-refractivity contribution < 1.29 is 0 Å². The highest BCUT2D eigenvalue weighted by Gasteiger charge is 2.34. The molecule has 0 unspecified atom stereocenters. The van der Waals surface area contributed by atoms with Crippen LogP contribution in [0.25, 0.3) is 43.8 Å². The van der Waals surface area contributed by atoms with Gasteiger partial charge >= 0.3 is 0 Å². The van der Waals surface area contributed by atoms with Gasteiger partial charge in [-0.2, -0.15) is 0 Å². The lowest BCUT2D eigenvalue weighted by Crippen LogP contribution is -2.17. The monoisotopic (exact) mass is 537 g/mol. The Morgan fingerprint density at radius 3 is 1.45 bits per heavy atom. The van der Waals surface area contributed by atoms with Crippen LogP contribution in [0.3, 0.4) is 0 Å². The Morgan fingerprint density at radius 1 is 0.381 bits per heavy atom. The topological polar surface area (TPSA) is 3.24 Å². The first-order chi connectivity index (χ1) is 20.6. The van der Waals surface area contributed by atoms with Crippen molar-refractivity contribution in [3.63, 3.8) is 0 Å². The van der Waals surface area contributed by atoms with E-state index in [1.807, 2.05) is 0 Å². The van der Waals surface area contributed by atoms with Crippen LogP contribution in [0.15, 0.2) is 152 Å². The standard InChI is InChI=1S/C41H31N/c1-41(2)37-15-9-14-32-16-17-33-26-36(27-38(41)40(33)39(32)37)42(34-22-18-30(19-23-34)28-10-5-3-6-11-28)35-24-20-31(21-25-35)29-12-7-4-8-13-29/h3-27H,1-2H3. The normalized spacial score (nSPS) is 13.2. The lowest BCUT2D eigenvalue weighted by molar-refractivity contribution is 0.663. The summed E-state index contributed by atoms with van der Waals surface area (Å²) in [5, 5.41) is 5.42. The van der Waals surface area contributed by atoms with Crippen molar-refractivity contribution in [2.45, 2.75) is 19.3 Å². The van der Waals surface area contributed by atoms with Crippen molar-refractivity contribution in [1.29, 1.82) is 0 Å². The predicted molar refractivity (Wildman–Crippen MR) is 179 cm³/mol. The molecule has 0 N–H and O–H groups in total. The zero-order valence-corrected chi connectivity index (χ0v) is 23.9. The molecule has 1 aliphatic carbocycles. The second-order valence-corrected chi connectivity index (χ2v) is 11.8. The lowest BCUT2D eigenvalue weighted by atomic mass is 9.81. The molecule has 1 aliphatic rings. The summed E-state index contributed by atoms with van der Waals surface area (Å²) < 4.78 is 0. The van der Waals surface area contributed by atoms with E-state index in [1.165, 1.54) is 60.6 Å². The van der Waals surface area contributed by atoms with E-state index in [1.54, 1.807) is 0 Å². The Labute approximate surface area is 247 Å². The third-order valence-corrected chi connectivity index (χ3v) is 9.01. The minimum Gasteiger partial charge on any atom is -0.310 e. The molecule has 0 saturated heterocycles. The Kier molecular flexibility index (Phi) is 5.55. The third-order valence-electron chi connectivity index (χ3n) is 9.01. The number of rotatable bonds is 5. The third kappa shape index (κ3) is 3.85. The minimum absolute atomic E-state index is 0.0720. The van der Waals surface area contributed by atoms with Crippen molar-refractivity contribution in [2.24, 2.45) is 0 Å². The molecule has 1 heteroatoms. The van der Waals surface area contributed by atoms with Crippen molar-refractivity contribution in [2.75, 3.05) is 4.90 Å². The van der Waals surface area contributed by atoms with Gasteiger partial charge in [-0.05, 0) is 91.3 Å². The van der Waals surface area contributed by atoms with E-state index >= 15 is 0 Å². The molecule has 0 spiro atoms. The Bertz CT molecular complexity index is 1990. The number of nitrogens with zero attached hydrogens (tertiary/aromatic N) is 1. The molecule has 0 atom stereocenters. The molecule has 0 aliphatic heterocycles. The SMILES string of the molecule is CC1(C)c2cccc3ccc4cc(N(c5ccc(-c6ccccc6)cc5)c5ccc(-c6ccccc6)cc5)cc1c4c23. The van der Waals surface area contributed by atoms with Gasteiger partial charge in [-0.25, -0.2) is 0 Å². The summed E-state index contributed by atoms with van der Waals surface area (Å²) in [7, 11) is 0. The first kappa shape index (κ1) is 24.6. The summed E-state index contributed by atoms with van der Waals surface area (Å²) in [4.78, 5) is 2.41. The highest BCUT2D eigenvalue weighted by atomic mass is 15.1. The van der Waals surface area contributed by atoms with Crippen LogP contribution in [0.5, 0.6) is 0 Å². The average Bonchev–Trinajstić information content (AvgIpc) is 3.29. The van der Waals surface area contributed by atoms with Crippen LogP contribution < -0.4 is 4.90 Å². The number of benzene rings is 7. The molecule has 7 aromatic carbocycles. The minimum atomic E-state index is -0.0720. The van der Waals surface area contributed by atoms with Gasteiger partial charge in [0.05, 0.1) is 0 Å². The molecule has 0 radical (unpaired) electrons. The van der Waals surface area contributed by atoms with E-state index in [4.69, 9.17) is 0 Å². The second-order valence-electron chi connectivity index (χ2n) is 11.8. The van der Waals surface area contributed by atoms with Gasteiger partial charge in [0.15, 0.2) is 0 Å². The number of hydrogen-bond acceptors (Lipinski definition) is 1. The predicted octanol–water partition coefficient (Wildman–Crippen LogP) is 11.4. The Balaban J connectivity index is 1.30. The molecule has 0 amide bonds. The molecule has 8 rings (SSSR count). The molecule has 0 fully saturated rings. The fourth-order valence-electron chi connectivity index (χ4n) is 6.83. The van der Waals surface area contributed by atoms with Crippen LogP contribution in [-0.2, 0) is 5.41 Å². The van der Waals surface area contributed by atoms with Gasteiger partial charge in [0.1, 0.15) is 0 Å². The van der Waals surface area contributed by atoms with Crippen molar-refractivity contribution >= 4 is 38.6 Å². The van der Waals surface area contributed by atoms with Gasteiger partial charge in [0.2, 0.25) is 0 Å². The molecule has 42 heavy (non-hydrogen) atoms. The summed E-state index contributed by atoms with van der Waals surface area (Å²) in [6.45, 7) is 4.74. The zero-order chi connectivity index (χ0) is 28.3.